The molecule has 4 aromatic rings. The summed E-state index contributed by atoms with van der Waals surface area (Å²) in [5.74, 6) is 0.405. The molecule has 1 atom stereocenters. The molecule has 12 heteroatoms. The zero-order valence-corrected chi connectivity index (χ0v) is 21.6. The number of hydrogen-bond acceptors (Lipinski definition) is 6. The number of fused-ring (bicyclic) bond motifs is 1. The highest BCUT2D eigenvalue weighted by Gasteiger charge is 2.31. The van der Waals surface area contributed by atoms with Gasteiger partial charge in [0.25, 0.3) is 5.91 Å². The van der Waals surface area contributed by atoms with E-state index in [0.717, 1.165) is 50.1 Å². The van der Waals surface area contributed by atoms with Gasteiger partial charge in [-0.15, -0.1) is 0 Å². The molecule has 1 aliphatic rings. The van der Waals surface area contributed by atoms with E-state index in [1.807, 2.05) is 18.2 Å². The molecule has 8 nitrogen and oxygen atoms in total. The van der Waals surface area contributed by atoms with Gasteiger partial charge >= 0.3 is 6.18 Å². The van der Waals surface area contributed by atoms with E-state index in [1.165, 1.54) is 6.20 Å². The first-order chi connectivity index (χ1) is 18.2. The van der Waals surface area contributed by atoms with Crippen molar-refractivity contribution in [2.75, 3.05) is 24.1 Å². The fraction of sp³-hybridized carbons (Fsp3) is 0.308. The summed E-state index contributed by atoms with van der Waals surface area (Å²) in [4.78, 5) is 25.5. The van der Waals surface area contributed by atoms with Crippen molar-refractivity contribution in [3.63, 3.8) is 0 Å². The zero-order chi connectivity index (χ0) is 27.4. The van der Waals surface area contributed by atoms with Crippen LogP contribution in [-0.2, 0) is 6.18 Å². The van der Waals surface area contributed by atoms with Crippen molar-refractivity contribution < 1.29 is 18.0 Å². The summed E-state index contributed by atoms with van der Waals surface area (Å²) < 4.78 is 40.7. The molecule has 1 amide bonds. The predicted molar refractivity (Wildman–Crippen MR) is 141 cm³/mol. The van der Waals surface area contributed by atoms with Gasteiger partial charge in [-0.3, -0.25) is 9.20 Å². The van der Waals surface area contributed by atoms with E-state index in [2.05, 4.69) is 20.6 Å². The maximum atomic E-state index is 12.9. The molecule has 4 heterocycles. The van der Waals surface area contributed by atoms with Crippen LogP contribution in [0.5, 0.6) is 0 Å². The quantitative estimate of drug-likeness (QED) is 0.299. The lowest BCUT2D eigenvalue weighted by molar-refractivity contribution is -0.137. The van der Waals surface area contributed by atoms with Crippen molar-refractivity contribution in [2.45, 2.75) is 38.8 Å². The molecule has 0 spiro atoms. The van der Waals surface area contributed by atoms with E-state index in [-0.39, 0.29) is 23.1 Å². The van der Waals surface area contributed by atoms with Crippen molar-refractivity contribution >= 4 is 34.7 Å². The van der Waals surface area contributed by atoms with Gasteiger partial charge in [0.15, 0.2) is 0 Å². The number of carbonyl (C=O) groups is 1. The molecular formula is C26H27ClF3N7O. The Bertz CT molecular complexity index is 1430. The number of nitrogens with zero attached hydrogens (tertiary/aromatic N) is 4. The van der Waals surface area contributed by atoms with Crippen LogP contribution in [0.15, 0.2) is 48.8 Å². The number of benzene rings is 1. The molecule has 38 heavy (non-hydrogen) atoms. The number of alkyl halides is 3. The highest BCUT2D eigenvalue weighted by molar-refractivity contribution is 6.30. The number of pyridine rings is 1. The maximum Gasteiger partial charge on any atom is 0.416 e. The lowest BCUT2D eigenvalue weighted by atomic mass is 9.99. The predicted octanol–water partition coefficient (Wildman–Crippen LogP) is 5.79. The third kappa shape index (κ3) is 5.58. The molecular weight excluding hydrogens is 519 g/mol. The van der Waals surface area contributed by atoms with Crippen molar-refractivity contribution in [1.82, 2.24) is 24.7 Å². The number of nitrogen functional groups attached to an aromatic ring is 1. The highest BCUT2D eigenvalue weighted by Crippen LogP contribution is 2.35. The molecule has 0 aliphatic carbocycles. The Kier molecular flexibility index (Phi) is 8.17. The van der Waals surface area contributed by atoms with E-state index in [4.69, 9.17) is 22.3 Å². The number of halogens is 4. The molecule has 0 bridgehead atoms. The number of anilines is 2. The van der Waals surface area contributed by atoms with Crippen LogP contribution in [0.25, 0.3) is 16.8 Å². The monoisotopic (exact) mass is 545 g/mol. The molecule has 0 radical (unpaired) electrons. The second kappa shape index (κ2) is 11.4. The van der Waals surface area contributed by atoms with E-state index in [9.17, 15) is 18.0 Å². The normalized spacial score (nSPS) is 15.6. The number of nitrogens with one attached hydrogen (secondary N) is 2. The Morgan fingerprint density at radius 2 is 1.92 bits per heavy atom. The molecule has 5 rings (SSSR count). The second-order valence-electron chi connectivity index (χ2n) is 8.47. The number of piperidine rings is 1. The van der Waals surface area contributed by atoms with Gasteiger partial charge in [-0.25, -0.2) is 15.0 Å². The fourth-order valence-corrected chi connectivity index (χ4v) is 4.54. The summed E-state index contributed by atoms with van der Waals surface area (Å²) in [6, 6.07) is 8.12. The summed E-state index contributed by atoms with van der Waals surface area (Å²) >= 11 is 6.49. The van der Waals surface area contributed by atoms with Crippen LogP contribution in [0.1, 0.15) is 54.4 Å². The molecule has 4 N–H and O–H groups in total. The Hall–Kier alpha value is -3.70. The first kappa shape index (κ1) is 27.3. The number of rotatable bonds is 4. The zero-order valence-electron chi connectivity index (χ0n) is 20.8. The fourth-order valence-electron chi connectivity index (χ4n) is 4.32. The van der Waals surface area contributed by atoms with Crippen LogP contribution < -0.4 is 16.4 Å². The first-order valence-electron chi connectivity index (χ1n) is 12.2. The lowest BCUT2D eigenvalue weighted by Crippen LogP contribution is -2.29. The molecule has 1 aliphatic heterocycles. The van der Waals surface area contributed by atoms with Crippen molar-refractivity contribution in [2.24, 2.45) is 0 Å². The summed E-state index contributed by atoms with van der Waals surface area (Å²) in [6.45, 7) is 5.71. The number of aromatic nitrogens is 4. The molecule has 1 fully saturated rings. The van der Waals surface area contributed by atoms with Crippen LogP contribution in [0.2, 0.25) is 5.15 Å². The standard InChI is InChI=1S/C24H21ClF3N7O.C2H6/c25-17-12-32-21(29)20-19(34-22(35(17)20)15-2-1-8-30-11-15)13-3-5-14(6-4-13)23(36)33-18-10-16(7-9-31-18)24(26,27)28;1-2/h3-7,9-10,12,15,30H,1-2,8,11H2,(H2,29,32)(H,31,33,36);1-2H3/t15-;/m1./s1. The van der Waals surface area contributed by atoms with E-state index in [0.29, 0.717) is 21.9 Å². The minimum absolute atomic E-state index is 0.143. The van der Waals surface area contributed by atoms with Gasteiger partial charge in [-0.2, -0.15) is 13.2 Å². The smallest absolute Gasteiger partial charge is 0.382 e. The molecule has 0 saturated carbocycles. The summed E-state index contributed by atoms with van der Waals surface area (Å²) in [5.41, 5.74) is 7.40. The highest BCUT2D eigenvalue weighted by atomic mass is 35.5. The topological polar surface area (TPSA) is 110 Å². The van der Waals surface area contributed by atoms with Crippen molar-refractivity contribution in [3.8, 4) is 11.3 Å². The van der Waals surface area contributed by atoms with Gasteiger partial charge in [0.1, 0.15) is 33.8 Å². The number of carbonyl (C=O) groups excluding carboxylic acids is 1. The van der Waals surface area contributed by atoms with Gasteiger partial charge in [0.05, 0.1) is 11.8 Å². The molecule has 3 aromatic heterocycles. The van der Waals surface area contributed by atoms with Gasteiger partial charge < -0.3 is 16.4 Å². The van der Waals surface area contributed by atoms with Crippen molar-refractivity contribution in [1.29, 1.82) is 0 Å². The number of nitrogens with two attached hydrogens (primary N) is 1. The second-order valence-corrected chi connectivity index (χ2v) is 8.86. The Labute approximate surface area is 222 Å². The third-order valence-electron chi connectivity index (χ3n) is 6.08. The average Bonchev–Trinajstić information content (AvgIpc) is 3.34. The van der Waals surface area contributed by atoms with Crippen LogP contribution in [0.3, 0.4) is 0 Å². The Morgan fingerprint density at radius 1 is 1.18 bits per heavy atom. The number of hydrogen-bond donors (Lipinski definition) is 3. The van der Waals surface area contributed by atoms with Gasteiger partial charge in [-0.1, -0.05) is 37.6 Å². The van der Waals surface area contributed by atoms with E-state index in [1.54, 1.807) is 24.3 Å². The summed E-state index contributed by atoms with van der Waals surface area (Å²) in [6.07, 6.45) is -0.0906. The summed E-state index contributed by atoms with van der Waals surface area (Å²) in [7, 11) is 0. The number of imidazole rings is 1. The Morgan fingerprint density at radius 3 is 2.58 bits per heavy atom. The Balaban J connectivity index is 0.00000164. The van der Waals surface area contributed by atoms with Crippen LogP contribution in [0.4, 0.5) is 24.8 Å². The SMILES string of the molecule is CC.Nc1ncc(Cl)n2c([C@@H]3CCCNC3)nc(-c3ccc(C(=O)Nc4cc(C(F)(F)F)ccn4)cc3)c12. The van der Waals surface area contributed by atoms with Gasteiger partial charge in [0, 0.05) is 29.8 Å². The van der Waals surface area contributed by atoms with Crippen LogP contribution in [0, 0.1) is 0 Å². The van der Waals surface area contributed by atoms with E-state index >= 15 is 0 Å². The number of amides is 1. The molecule has 0 unspecified atom stereocenters. The minimum Gasteiger partial charge on any atom is -0.382 e. The maximum absolute atomic E-state index is 12.9. The molecule has 1 aromatic carbocycles. The van der Waals surface area contributed by atoms with Crippen LogP contribution >= 0.6 is 11.6 Å². The van der Waals surface area contributed by atoms with Gasteiger partial charge in [0.2, 0.25) is 0 Å². The lowest BCUT2D eigenvalue weighted by Gasteiger charge is -2.22. The molecule has 1 saturated heterocycles. The minimum atomic E-state index is -4.54. The largest absolute Gasteiger partial charge is 0.416 e. The third-order valence-corrected chi connectivity index (χ3v) is 6.35. The van der Waals surface area contributed by atoms with Gasteiger partial charge in [-0.05, 0) is 43.7 Å². The van der Waals surface area contributed by atoms with Crippen LogP contribution in [-0.4, -0.2) is 38.3 Å². The first-order valence-corrected chi connectivity index (χ1v) is 12.6. The molecule has 200 valence electrons. The van der Waals surface area contributed by atoms with Crippen molar-refractivity contribution in [3.05, 3.63) is 70.9 Å². The summed E-state index contributed by atoms with van der Waals surface area (Å²) in [5, 5.41) is 6.17. The van der Waals surface area contributed by atoms with E-state index < -0.39 is 17.6 Å². The average molecular weight is 546 g/mol.